The lowest BCUT2D eigenvalue weighted by molar-refractivity contribution is 0.113. The van der Waals surface area contributed by atoms with Gasteiger partial charge in [0.25, 0.3) is 0 Å². The fourth-order valence-electron chi connectivity index (χ4n) is 1.37. The average molecular weight is 144 g/mol. The number of rotatable bonds is 5. The topological polar surface area (TPSA) is 20.2 Å². The highest BCUT2D eigenvalue weighted by Crippen LogP contribution is 2.16. The Bertz CT molecular complexity index is 63.1. The van der Waals surface area contributed by atoms with Crippen LogP contribution in [0.15, 0.2) is 0 Å². The van der Waals surface area contributed by atoms with Gasteiger partial charge in [-0.25, -0.2) is 0 Å². The van der Waals surface area contributed by atoms with E-state index in [-0.39, 0.29) is 6.10 Å². The molecule has 0 aliphatic heterocycles. The molecule has 0 aromatic rings. The fourth-order valence-corrected chi connectivity index (χ4v) is 1.37. The van der Waals surface area contributed by atoms with Crippen LogP contribution in [0.4, 0.5) is 0 Å². The highest BCUT2D eigenvalue weighted by atomic mass is 16.3. The molecule has 0 saturated heterocycles. The van der Waals surface area contributed by atoms with Gasteiger partial charge in [-0.05, 0) is 25.7 Å². The van der Waals surface area contributed by atoms with Crippen LogP contribution >= 0.6 is 0 Å². The molecule has 0 spiro atoms. The summed E-state index contributed by atoms with van der Waals surface area (Å²) in [6, 6.07) is 0. The van der Waals surface area contributed by atoms with Crippen LogP contribution in [0.5, 0.6) is 0 Å². The third kappa shape index (κ3) is 3.89. The van der Waals surface area contributed by atoms with E-state index >= 15 is 0 Å². The minimum Gasteiger partial charge on any atom is -0.393 e. The molecule has 62 valence electrons. The molecule has 0 amide bonds. The van der Waals surface area contributed by atoms with Crippen LogP contribution in [0.25, 0.3) is 0 Å². The van der Waals surface area contributed by atoms with Gasteiger partial charge in [-0.3, -0.25) is 0 Å². The van der Waals surface area contributed by atoms with Gasteiger partial charge in [-0.15, -0.1) is 0 Å². The van der Waals surface area contributed by atoms with E-state index in [2.05, 4.69) is 13.8 Å². The predicted octanol–water partition coefficient (Wildman–Crippen LogP) is 2.58. The Morgan fingerprint density at radius 2 is 1.50 bits per heavy atom. The van der Waals surface area contributed by atoms with Gasteiger partial charge < -0.3 is 5.11 Å². The predicted molar refractivity (Wildman–Crippen MR) is 45.0 cm³/mol. The fraction of sp³-hybridized carbons (Fsp3) is 1.00. The zero-order chi connectivity index (χ0) is 7.98. The molecule has 1 heteroatoms. The zero-order valence-electron chi connectivity index (χ0n) is 7.43. The van der Waals surface area contributed by atoms with Crippen molar-refractivity contribution in [2.45, 2.75) is 52.6 Å². The third-order valence-corrected chi connectivity index (χ3v) is 2.00. The Morgan fingerprint density at radius 3 is 1.70 bits per heavy atom. The van der Waals surface area contributed by atoms with Gasteiger partial charge in [0.15, 0.2) is 0 Å². The van der Waals surface area contributed by atoms with Crippen molar-refractivity contribution >= 4 is 0 Å². The van der Waals surface area contributed by atoms with Crippen molar-refractivity contribution in [2.75, 3.05) is 0 Å². The molecular weight excluding hydrogens is 124 g/mol. The van der Waals surface area contributed by atoms with Crippen LogP contribution in [0.1, 0.15) is 46.5 Å². The first-order valence-electron chi connectivity index (χ1n) is 4.40. The summed E-state index contributed by atoms with van der Waals surface area (Å²) >= 11 is 0. The molecule has 0 heterocycles. The van der Waals surface area contributed by atoms with Crippen molar-refractivity contribution in [1.29, 1.82) is 0 Å². The van der Waals surface area contributed by atoms with E-state index in [1.807, 2.05) is 6.92 Å². The van der Waals surface area contributed by atoms with Crippen molar-refractivity contribution in [2.24, 2.45) is 5.92 Å². The standard InChI is InChI=1S/C9H20O/c1-4-6-9(7-5-2)8(3)10/h8-10H,4-7H2,1-3H3. The second-order valence-corrected chi connectivity index (χ2v) is 3.08. The first kappa shape index (κ1) is 9.96. The van der Waals surface area contributed by atoms with Crippen LogP contribution in [0, 0.1) is 5.92 Å². The van der Waals surface area contributed by atoms with Gasteiger partial charge in [-0.2, -0.15) is 0 Å². The number of hydrogen-bond acceptors (Lipinski definition) is 1. The molecule has 0 saturated carbocycles. The van der Waals surface area contributed by atoms with Crippen LogP contribution in [-0.4, -0.2) is 11.2 Å². The Kier molecular flexibility index (Phi) is 5.70. The number of aliphatic hydroxyl groups excluding tert-OH is 1. The molecule has 0 aliphatic rings. The summed E-state index contributed by atoms with van der Waals surface area (Å²) in [5.74, 6) is 0.537. The van der Waals surface area contributed by atoms with E-state index in [1.165, 1.54) is 25.7 Å². The SMILES string of the molecule is CCCC(CCC)C(C)O. The normalized spacial score (nSPS) is 14.1. The molecule has 1 atom stereocenters. The molecule has 0 bridgehead atoms. The van der Waals surface area contributed by atoms with E-state index in [1.54, 1.807) is 0 Å². The van der Waals surface area contributed by atoms with E-state index < -0.39 is 0 Å². The monoisotopic (exact) mass is 144 g/mol. The lowest BCUT2D eigenvalue weighted by Gasteiger charge is -2.17. The first-order chi connectivity index (χ1) is 4.72. The minimum absolute atomic E-state index is 0.111. The van der Waals surface area contributed by atoms with Crippen LogP contribution in [-0.2, 0) is 0 Å². The van der Waals surface area contributed by atoms with E-state index in [9.17, 15) is 5.11 Å². The summed E-state index contributed by atoms with van der Waals surface area (Å²) in [5.41, 5.74) is 0. The maximum absolute atomic E-state index is 9.27. The second-order valence-electron chi connectivity index (χ2n) is 3.08. The highest BCUT2D eigenvalue weighted by Gasteiger charge is 2.11. The molecule has 0 fully saturated rings. The number of hydrogen-bond donors (Lipinski definition) is 1. The summed E-state index contributed by atoms with van der Waals surface area (Å²) < 4.78 is 0. The lowest BCUT2D eigenvalue weighted by Crippen LogP contribution is -2.15. The Labute approximate surface area is 64.5 Å². The molecule has 0 aliphatic carbocycles. The first-order valence-corrected chi connectivity index (χ1v) is 4.40. The zero-order valence-corrected chi connectivity index (χ0v) is 7.43. The Balaban J connectivity index is 3.50. The maximum Gasteiger partial charge on any atom is 0.0540 e. The average Bonchev–Trinajstić information content (AvgIpc) is 1.87. The van der Waals surface area contributed by atoms with Crippen molar-refractivity contribution < 1.29 is 5.11 Å². The van der Waals surface area contributed by atoms with Crippen molar-refractivity contribution in [3.63, 3.8) is 0 Å². The summed E-state index contributed by atoms with van der Waals surface area (Å²) in [7, 11) is 0. The highest BCUT2D eigenvalue weighted by molar-refractivity contribution is 4.63. The molecule has 1 unspecified atom stereocenters. The molecular formula is C9H20O. The quantitative estimate of drug-likeness (QED) is 0.628. The van der Waals surface area contributed by atoms with E-state index in [0.29, 0.717) is 5.92 Å². The maximum atomic E-state index is 9.27. The molecule has 10 heavy (non-hydrogen) atoms. The van der Waals surface area contributed by atoms with Crippen molar-refractivity contribution in [1.82, 2.24) is 0 Å². The summed E-state index contributed by atoms with van der Waals surface area (Å²) in [6.45, 7) is 6.24. The Morgan fingerprint density at radius 1 is 1.10 bits per heavy atom. The van der Waals surface area contributed by atoms with Gasteiger partial charge in [0.2, 0.25) is 0 Å². The molecule has 1 nitrogen and oxygen atoms in total. The van der Waals surface area contributed by atoms with Gasteiger partial charge in [0.05, 0.1) is 6.10 Å². The largest absolute Gasteiger partial charge is 0.393 e. The third-order valence-electron chi connectivity index (χ3n) is 2.00. The molecule has 0 aromatic heterocycles. The summed E-state index contributed by atoms with van der Waals surface area (Å²) in [6.07, 6.45) is 4.61. The van der Waals surface area contributed by atoms with Crippen LogP contribution in [0.3, 0.4) is 0 Å². The van der Waals surface area contributed by atoms with Crippen LogP contribution in [0.2, 0.25) is 0 Å². The summed E-state index contributed by atoms with van der Waals surface area (Å²) in [5, 5.41) is 9.27. The number of aliphatic hydroxyl groups is 1. The summed E-state index contributed by atoms with van der Waals surface area (Å²) in [4.78, 5) is 0. The molecule has 0 rings (SSSR count). The van der Waals surface area contributed by atoms with Gasteiger partial charge in [0.1, 0.15) is 0 Å². The minimum atomic E-state index is -0.111. The van der Waals surface area contributed by atoms with Gasteiger partial charge >= 0.3 is 0 Å². The van der Waals surface area contributed by atoms with Crippen molar-refractivity contribution in [3.8, 4) is 0 Å². The van der Waals surface area contributed by atoms with E-state index in [0.717, 1.165) is 0 Å². The lowest BCUT2D eigenvalue weighted by atomic mass is 9.93. The van der Waals surface area contributed by atoms with Gasteiger partial charge in [-0.1, -0.05) is 26.7 Å². The Hall–Kier alpha value is -0.0400. The molecule has 1 N–H and O–H groups in total. The van der Waals surface area contributed by atoms with Crippen LogP contribution < -0.4 is 0 Å². The molecule has 0 aromatic carbocycles. The second kappa shape index (κ2) is 5.72. The van der Waals surface area contributed by atoms with Crippen molar-refractivity contribution in [3.05, 3.63) is 0 Å². The molecule has 0 radical (unpaired) electrons. The van der Waals surface area contributed by atoms with Gasteiger partial charge in [0, 0.05) is 0 Å². The van der Waals surface area contributed by atoms with E-state index in [4.69, 9.17) is 0 Å². The smallest absolute Gasteiger partial charge is 0.0540 e.